The van der Waals surface area contributed by atoms with Gasteiger partial charge in [-0.3, -0.25) is 4.79 Å². The molecule has 7 heteroatoms. The summed E-state index contributed by atoms with van der Waals surface area (Å²) >= 11 is 0. The van der Waals surface area contributed by atoms with Gasteiger partial charge in [0.1, 0.15) is 28.6 Å². The molecule has 168 valence electrons. The van der Waals surface area contributed by atoms with Crippen molar-refractivity contribution in [1.29, 1.82) is 0 Å². The highest BCUT2D eigenvalue weighted by atomic mass is 16.5. The Hall–Kier alpha value is -3.48. The Balaban J connectivity index is 1.40. The number of para-hydroxylation sites is 1. The zero-order chi connectivity index (χ0) is 22.7. The molecule has 1 atom stereocenters. The monoisotopic (exact) mass is 435 g/mol. The lowest BCUT2D eigenvalue weighted by molar-refractivity contribution is -0.138. The fourth-order valence-corrected chi connectivity index (χ4v) is 4.02. The van der Waals surface area contributed by atoms with E-state index in [9.17, 15) is 4.79 Å². The number of ether oxygens (including phenoxy) is 3. The van der Waals surface area contributed by atoms with Crippen molar-refractivity contribution in [2.24, 2.45) is 0 Å². The lowest BCUT2D eigenvalue weighted by Gasteiger charge is -2.36. The molecule has 1 aromatic heterocycles. The second-order valence-electron chi connectivity index (χ2n) is 7.90. The minimum Gasteiger partial charge on any atom is -0.497 e. The summed E-state index contributed by atoms with van der Waals surface area (Å²) in [5, 5.41) is 1.09. The number of aromatic nitrogens is 1. The van der Waals surface area contributed by atoms with Gasteiger partial charge in [-0.05, 0) is 55.8 Å². The number of amides is 1. The molecule has 0 spiro atoms. The number of nitrogens with zero attached hydrogens (tertiary/aromatic N) is 3. The third-order valence-electron chi connectivity index (χ3n) is 5.85. The molecule has 7 nitrogen and oxygen atoms in total. The standard InChI is InChI=1S/C25H29N3O4/c1-17-16-23(26-24-21(17)6-5-7-22(24)31-4)27-12-14-28(15-13-27)25(29)18(2)32-20-10-8-19(30-3)9-11-20/h5-11,16,18H,12-15H2,1-4H3. The van der Waals surface area contributed by atoms with E-state index in [-0.39, 0.29) is 5.91 Å². The van der Waals surface area contributed by atoms with Gasteiger partial charge in [-0.2, -0.15) is 0 Å². The van der Waals surface area contributed by atoms with E-state index in [0.717, 1.165) is 33.8 Å². The van der Waals surface area contributed by atoms with Crippen LogP contribution < -0.4 is 19.1 Å². The van der Waals surface area contributed by atoms with Crippen molar-refractivity contribution in [3.8, 4) is 17.2 Å². The summed E-state index contributed by atoms with van der Waals surface area (Å²) in [4.78, 5) is 21.9. The van der Waals surface area contributed by atoms with Gasteiger partial charge in [-0.15, -0.1) is 0 Å². The summed E-state index contributed by atoms with van der Waals surface area (Å²) in [7, 11) is 3.28. The fourth-order valence-electron chi connectivity index (χ4n) is 4.02. The van der Waals surface area contributed by atoms with Crippen LogP contribution in [0.4, 0.5) is 5.82 Å². The molecule has 0 radical (unpaired) electrons. The number of piperazine rings is 1. The number of carbonyl (C=O) groups excluding carboxylic acids is 1. The number of benzene rings is 2. The van der Waals surface area contributed by atoms with E-state index in [1.807, 2.05) is 41.3 Å². The van der Waals surface area contributed by atoms with Crippen LogP contribution in [0.25, 0.3) is 10.9 Å². The molecule has 32 heavy (non-hydrogen) atoms. The molecular formula is C25H29N3O4. The van der Waals surface area contributed by atoms with Gasteiger partial charge in [0, 0.05) is 31.6 Å². The molecular weight excluding hydrogens is 406 g/mol. The zero-order valence-electron chi connectivity index (χ0n) is 19.0. The zero-order valence-corrected chi connectivity index (χ0v) is 19.0. The highest BCUT2D eigenvalue weighted by molar-refractivity contribution is 5.89. The summed E-state index contributed by atoms with van der Waals surface area (Å²) in [5.74, 6) is 3.07. The summed E-state index contributed by atoms with van der Waals surface area (Å²) in [6.07, 6.45) is -0.555. The molecule has 1 aliphatic rings. The van der Waals surface area contributed by atoms with Crippen LogP contribution in [0.2, 0.25) is 0 Å². The molecule has 1 aliphatic heterocycles. The Labute approximate surface area is 188 Å². The molecule has 1 fully saturated rings. The second kappa shape index (κ2) is 9.34. The van der Waals surface area contributed by atoms with E-state index in [2.05, 4.69) is 24.0 Å². The number of pyridine rings is 1. The number of rotatable bonds is 6. The average Bonchev–Trinajstić information content (AvgIpc) is 2.83. The number of methoxy groups -OCH3 is 2. The third-order valence-corrected chi connectivity index (χ3v) is 5.85. The first-order chi connectivity index (χ1) is 15.5. The lowest BCUT2D eigenvalue weighted by Crippen LogP contribution is -2.52. The van der Waals surface area contributed by atoms with Crippen molar-refractivity contribution < 1.29 is 19.0 Å². The maximum Gasteiger partial charge on any atom is 0.263 e. The lowest BCUT2D eigenvalue weighted by atomic mass is 10.1. The van der Waals surface area contributed by atoms with E-state index in [1.54, 1.807) is 21.1 Å². The van der Waals surface area contributed by atoms with Crippen molar-refractivity contribution in [3.05, 3.63) is 54.1 Å². The minimum atomic E-state index is -0.555. The molecule has 2 aromatic carbocycles. The Kier molecular flexibility index (Phi) is 6.35. The van der Waals surface area contributed by atoms with Gasteiger partial charge in [0.15, 0.2) is 6.10 Å². The van der Waals surface area contributed by atoms with Crippen LogP contribution in [0.3, 0.4) is 0 Å². The average molecular weight is 436 g/mol. The molecule has 0 bridgehead atoms. The summed E-state index contributed by atoms with van der Waals surface area (Å²) in [6.45, 7) is 6.56. The molecule has 1 unspecified atom stereocenters. The first kappa shape index (κ1) is 21.7. The van der Waals surface area contributed by atoms with E-state index in [4.69, 9.17) is 19.2 Å². The van der Waals surface area contributed by atoms with Crippen LogP contribution in [-0.4, -0.2) is 62.3 Å². The number of hydrogen-bond acceptors (Lipinski definition) is 6. The highest BCUT2D eigenvalue weighted by Crippen LogP contribution is 2.29. The maximum absolute atomic E-state index is 12.9. The molecule has 1 saturated heterocycles. The Bertz CT molecular complexity index is 1090. The summed E-state index contributed by atoms with van der Waals surface area (Å²) in [5.41, 5.74) is 2.02. The van der Waals surface area contributed by atoms with Crippen LogP contribution in [0.15, 0.2) is 48.5 Å². The number of aryl methyl sites for hydroxylation is 1. The predicted molar refractivity (Wildman–Crippen MR) is 125 cm³/mol. The molecule has 1 amide bonds. The van der Waals surface area contributed by atoms with Crippen molar-refractivity contribution >= 4 is 22.6 Å². The number of fused-ring (bicyclic) bond motifs is 1. The number of carbonyl (C=O) groups is 1. The van der Waals surface area contributed by atoms with Crippen LogP contribution in [0.1, 0.15) is 12.5 Å². The number of hydrogen-bond donors (Lipinski definition) is 0. The largest absolute Gasteiger partial charge is 0.497 e. The highest BCUT2D eigenvalue weighted by Gasteiger charge is 2.27. The molecule has 3 aromatic rings. The van der Waals surface area contributed by atoms with Crippen molar-refractivity contribution in [3.63, 3.8) is 0 Å². The molecule has 4 rings (SSSR count). The minimum absolute atomic E-state index is 0.00946. The molecule has 0 saturated carbocycles. The second-order valence-corrected chi connectivity index (χ2v) is 7.90. The van der Waals surface area contributed by atoms with Gasteiger partial charge in [0.05, 0.1) is 14.2 Å². The topological polar surface area (TPSA) is 64.1 Å². The van der Waals surface area contributed by atoms with Gasteiger partial charge >= 0.3 is 0 Å². The van der Waals surface area contributed by atoms with E-state index >= 15 is 0 Å². The quantitative estimate of drug-likeness (QED) is 0.589. The molecule has 0 aliphatic carbocycles. The summed E-state index contributed by atoms with van der Waals surface area (Å²) < 4.78 is 16.5. The van der Waals surface area contributed by atoms with E-state index < -0.39 is 6.10 Å². The SMILES string of the molecule is COc1ccc(OC(C)C(=O)N2CCN(c3cc(C)c4cccc(OC)c4n3)CC2)cc1. The van der Waals surface area contributed by atoms with Gasteiger partial charge in [-0.1, -0.05) is 12.1 Å². The fraction of sp³-hybridized carbons (Fsp3) is 0.360. The van der Waals surface area contributed by atoms with Crippen LogP contribution in [-0.2, 0) is 4.79 Å². The van der Waals surface area contributed by atoms with Gasteiger partial charge in [0.25, 0.3) is 5.91 Å². The third kappa shape index (κ3) is 4.42. The van der Waals surface area contributed by atoms with Crippen molar-refractivity contribution in [1.82, 2.24) is 9.88 Å². The maximum atomic E-state index is 12.9. The number of anilines is 1. The van der Waals surface area contributed by atoms with Crippen molar-refractivity contribution in [2.45, 2.75) is 20.0 Å². The molecule has 2 heterocycles. The summed E-state index contributed by atoms with van der Waals surface area (Å²) in [6, 6.07) is 15.3. The van der Waals surface area contributed by atoms with E-state index in [1.165, 1.54) is 0 Å². The normalized spacial score (nSPS) is 14.9. The van der Waals surface area contributed by atoms with Gasteiger partial charge in [0.2, 0.25) is 0 Å². The smallest absolute Gasteiger partial charge is 0.263 e. The Morgan fingerprint density at radius 3 is 2.31 bits per heavy atom. The van der Waals surface area contributed by atoms with E-state index in [0.29, 0.717) is 31.9 Å². The molecule has 0 N–H and O–H groups in total. The van der Waals surface area contributed by atoms with Crippen LogP contribution in [0, 0.1) is 6.92 Å². The Morgan fingerprint density at radius 2 is 1.66 bits per heavy atom. The van der Waals surface area contributed by atoms with Crippen molar-refractivity contribution in [2.75, 3.05) is 45.3 Å². The first-order valence-corrected chi connectivity index (χ1v) is 10.8. The van der Waals surface area contributed by atoms with Gasteiger partial charge < -0.3 is 24.0 Å². The first-order valence-electron chi connectivity index (χ1n) is 10.8. The van der Waals surface area contributed by atoms with Gasteiger partial charge in [-0.25, -0.2) is 4.98 Å². The Morgan fingerprint density at radius 1 is 0.969 bits per heavy atom. The van der Waals surface area contributed by atoms with Crippen LogP contribution in [0.5, 0.6) is 17.2 Å². The predicted octanol–water partition coefficient (Wildman–Crippen LogP) is 3.68. The van der Waals surface area contributed by atoms with Crippen LogP contribution >= 0.6 is 0 Å².